The minimum absolute atomic E-state index is 0.00496. The highest BCUT2D eigenvalue weighted by molar-refractivity contribution is 5.91. The lowest BCUT2D eigenvalue weighted by molar-refractivity contribution is -0.120. The first-order chi connectivity index (χ1) is 10.0. The molecule has 1 aliphatic rings. The number of H-pyrrole nitrogens is 1. The van der Waals surface area contributed by atoms with Crippen molar-refractivity contribution in [2.24, 2.45) is 5.92 Å². The molecular weight excluding hydrogens is 268 g/mol. The zero-order chi connectivity index (χ0) is 15.0. The number of aryl methyl sites for hydroxylation is 2. The van der Waals surface area contributed by atoms with Crippen LogP contribution in [0.5, 0.6) is 0 Å². The summed E-state index contributed by atoms with van der Waals surface area (Å²) in [6.07, 6.45) is 2.37. The highest BCUT2D eigenvalue weighted by atomic mass is 16.5. The molecule has 1 aliphatic carbocycles. The van der Waals surface area contributed by atoms with E-state index < -0.39 is 0 Å². The summed E-state index contributed by atoms with van der Waals surface area (Å²) in [5.74, 6) is 2.50. The van der Waals surface area contributed by atoms with E-state index in [1.54, 1.807) is 13.0 Å². The summed E-state index contributed by atoms with van der Waals surface area (Å²) in [4.78, 5) is 20.3. The van der Waals surface area contributed by atoms with Crippen molar-refractivity contribution in [3.63, 3.8) is 0 Å². The zero-order valence-corrected chi connectivity index (χ0v) is 12.6. The summed E-state index contributed by atoms with van der Waals surface area (Å²) >= 11 is 0. The highest BCUT2D eigenvalue weighted by Gasteiger charge is 2.28. The van der Waals surface area contributed by atoms with Gasteiger partial charge in [-0.3, -0.25) is 4.79 Å². The maximum Gasteiger partial charge on any atom is 0.229 e. The molecule has 1 atom stereocenters. The number of rotatable bonds is 3. The monoisotopic (exact) mass is 288 g/mol. The number of anilines is 1. The fourth-order valence-electron chi connectivity index (χ4n) is 2.65. The molecule has 6 nitrogen and oxygen atoms in total. The molecule has 0 fully saturated rings. The smallest absolute Gasteiger partial charge is 0.229 e. The normalized spacial score (nSPS) is 17.8. The lowest BCUT2D eigenvalue weighted by atomic mass is 9.89. The Bertz CT molecular complexity index is 656. The Kier molecular flexibility index (Phi) is 3.53. The quantitative estimate of drug-likeness (QED) is 0.909. The number of amides is 1. The third kappa shape index (κ3) is 2.84. The fourth-order valence-corrected chi connectivity index (χ4v) is 2.65. The van der Waals surface area contributed by atoms with E-state index in [9.17, 15) is 4.79 Å². The van der Waals surface area contributed by atoms with E-state index in [1.807, 2.05) is 0 Å². The SMILES string of the molecule is Cc1cc(NC(=O)[C@@H]2CCc3nc(C(C)C)[nH]c3C2)no1. The molecule has 21 heavy (non-hydrogen) atoms. The largest absolute Gasteiger partial charge is 0.360 e. The van der Waals surface area contributed by atoms with Crippen molar-refractivity contribution in [3.8, 4) is 0 Å². The number of hydrogen-bond acceptors (Lipinski definition) is 4. The van der Waals surface area contributed by atoms with Gasteiger partial charge in [-0.1, -0.05) is 19.0 Å². The van der Waals surface area contributed by atoms with Gasteiger partial charge in [-0.25, -0.2) is 4.98 Å². The van der Waals surface area contributed by atoms with Gasteiger partial charge in [0.15, 0.2) is 5.82 Å². The predicted molar refractivity (Wildman–Crippen MR) is 78.1 cm³/mol. The Morgan fingerprint density at radius 2 is 2.33 bits per heavy atom. The first kappa shape index (κ1) is 13.9. The predicted octanol–water partition coefficient (Wildman–Crippen LogP) is 2.57. The highest BCUT2D eigenvalue weighted by Crippen LogP contribution is 2.26. The van der Waals surface area contributed by atoms with E-state index in [0.29, 0.717) is 23.9 Å². The number of nitrogens with one attached hydrogen (secondary N) is 2. The van der Waals surface area contributed by atoms with Gasteiger partial charge in [0, 0.05) is 30.0 Å². The number of carbonyl (C=O) groups is 1. The van der Waals surface area contributed by atoms with Crippen LogP contribution in [-0.4, -0.2) is 21.0 Å². The maximum atomic E-state index is 12.3. The summed E-state index contributed by atoms with van der Waals surface area (Å²) < 4.78 is 4.96. The number of aromatic nitrogens is 3. The van der Waals surface area contributed by atoms with E-state index >= 15 is 0 Å². The molecule has 0 spiro atoms. The van der Waals surface area contributed by atoms with Crippen LogP contribution in [0, 0.1) is 12.8 Å². The second-order valence-electron chi connectivity index (χ2n) is 5.95. The summed E-state index contributed by atoms with van der Waals surface area (Å²) in [7, 11) is 0. The topological polar surface area (TPSA) is 83.8 Å². The molecule has 0 unspecified atom stereocenters. The number of imidazole rings is 1. The van der Waals surface area contributed by atoms with Crippen molar-refractivity contribution in [1.29, 1.82) is 0 Å². The van der Waals surface area contributed by atoms with Gasteiger partial charge < -0.3 is 14.8 Å². The number of hydrogen-bond donors (Lipinski definition) is 2. The van der Waals surface area contributed by atoms with Gasteiger partial charge in [-0.15, -0.1) is 0 Å². The minimum Gasteiger partial charge on any atom is -0.360 e. The fraction of sp³-hybridized carbons (Fsp3) is 0.533. The summed E-state index contributed by atoms with van der Waals surface area (Å²) in [6.45, 7) is 6.02. The van der Waals surface area contributed by atoms with Crippen LogP contribution in [-0.2, 0) is 17.6 Å². The Hall–Kier alpha value is -2.11. The van der Waals surface area contributed by atoms with Crippen LogP contribution in [0.25, 0.3) is 0 Å². The first-order valence-electron chi connectivity index (χ1n) is 7.34. The second-order valence-corrected chi connectivity index (χ2v) is 5.95. The van der Waals surface area contributed by atoms with Crippen molar-refractivity contribution in [2.75, 3.05) is 5.32 Å². The van der Waals surface area contributed by atoms with Crippen LogP contribution in [0.4, 0.5) is 5.82 Å². The van der Waals surface area contributed by atoms with Crippen molar-refractivity contribution < 1.29 is 9.32 Å². The van der Waals surface area contributed by atoms with Crippen LogP contribution in [0.3, 0.4) is 0 Å². The van der Waals surface area contributed by atoms with Crippen LogP contribution >= 0.6 is 0 Å². The van der Waals surface area contributed by atoms with Gasteiger partial charge in [0.2, 0.25) is 5.91 Å². The molecule has 0 bridgehead atoms. The van der Waals surface area contributed by atoms with Crippen molar-refractivity contribution in [1.82, 2.24) is 15.1 Å². The van der Waals surface area contributed by atoms with Crippen molar-refractivity contribution in [2.45, 2.75) is 46.0 Å². The average Bonchev–Trinajstić information content (AvgIpc) is 3.03. The number of fused-ring (bicyclic) bond motifs is 1. The van der Waals surface area contributed by atoms with E-state index in [1.165, 1.54) is 0 Å². The van der Waals surface area contributed by atoms with E-state index in [0.717, 1.165) is 30.1 Å². The standard InChI is InChI=1S/C15H20N4O2/c1-8(2)14-16-11-5-4-10(7-12(11)17-14)15(20)18-13-6-9(3)21-19-13/h6,8,10H,4-5,7H2,1-3H3,(H,16,17)(H,18,19,20)/t10-/m1/s1. The maximum absolute atomic E-state index is 12.3. The van der Waals surface area contributed by atoms with Gasteiger partial charge in [0.05, 0.1) is 5.69 Å². The molecule has 2 heterocycles. The van der Waals surface area contributed by atoms with Crippen LogP contribution in [0.1, 0.15) is 49.2 Å². The lowest BCUT2D eigenvalue weighted by Gasteiger charge is -2.19. The summed E-state index contributed by atoms with van der Waals surface area (Å²) in [5, 5.41) is 6.61. The van der Waals surface area contributed by atoms with Gasteiger partial charge in [0.1, 0.15) is 11.6 Å². The number of nitrogens with zero attached hydrogens (tertiary/aromatic N) is 2. The Morgan fingerprint density at radius 3 is 3.00 bits per heavy atom. The van der Waals surface area contributed by atoms with Crippen molar-refractivity contribution >= 4 is 11.7 Å². The first-order valence-corrected chi connectivity index (χ1v) is 7.34. The van der Waals surface area contributed by atoms with Crippen LogP contribution in [0.2, 0.25) is 0 Å². The molecule has 1 amide bonds. The second kappa shape index (κ2) is 5.35. The minimum atomic E-state index is -0.0463. The van der Waals surface area contributed by atoms with Crippen LogP contribution in [0.15, 0.2) is 10.6 Å². The van der Waals surface area contributed by atoms with E-state index in [4.69, 9.17) is 4.52 Å². The number of aromatic amines is 1. The molecule has 0 aliphatic heterocycles. The molecule has 2 aromatic heterocycles. The molecule has 112 valence electrons. The molecule has 0 aromatic carbocycles. The van der Waals surface area contributed by atoms with Crippen LogP contribution < -0.4 is 5.32 Å². The third-order valence-corrected chi connectivity index (χ3v) is 3.86. The summed E-state index contributed by atoms with van der Waals surface area (Å²) in [5.41, 5.74) is 2.21. The van der Waals surface area contributed by atoms with E-state index in [-0.39, 0.29) is 11.8 Å². The molecule has 3 rings (SSSR count). The van der Waals surface area contributed by atoms with Crippen molar-refractivity contribution in [3.05, 3.63) is 29.0 Å². The average molecular weight is 288 g/mol. The van der Waals surface area contributed by atoms with Gasteiger partial charge in [-0.2, -0.15) is 0 Å². The number of carbonyl (C=O) groups excluding carboxylic acids is 1. The zero-order valence-electron chi connectivity index (χ0n) is 12.6. The Balaban J connectivity index is 1.69. The van der Waals surface area contributed by atoms with Gasteiger partial charge in [0.25, 0.3) is 0 Å². The van der Waals surface area contributed by atoms with Gasteiger partial charge >= 0.3 is 0 Å². The molecule has 2 N–H and O–H groups in total. The molecule has 0 radical (unpaired) electrons. The van der Waals surface area contributed by atoms with E-state index in [2.05, 4.69) is 34.3 Å². The third-order valence-electron chi connectivity index (χ3n) is 3.86. The Morgan fingerprint density at radius 1 is 1.52 bits per heavy atom. The lowest BCUT2D eigenvalue weighted by Crippen LogP contribution is -2.28. The van der Waals surface area contributed by atoms with Gasteiger partial charge in [-0.05, 0) is 19.8 Å². The molecule has 0 saturated heterocycles. The molecular formula is C15H20N4O2. The molecule has 6 heteroatoms. The summed E-state index contributed by atoms with van der Waals surface area (Å²) in [6, 6.07) is 1.72. The molecule has 0 saturated carbocycles. The Labute approximate surface area is 123 Å². The molecule has 2 aromatic rings.